The fourth-order valence-corrected chi connectivity index (χ4v) is 7.30. The number of aliphatic hydroxyl groups excluding tert-OH is 1. The average molecular weight is 611 g/mol. The van der Waals surface area contributed by atoms with Crippen molar-refractivity contribution in [1.82, 2.24) is 13.9 Å². The van der Waals surface area contributed by atoms with E-state index in [1.54, 1.807) is 36.4 Å². The van der Waals surface area contributed by atoms with Crippen LogP contribution in [0.15, 0.2) is 92.4 Å². The minimum atomic E-state index is -2.14. The van der Waals surface area contributed by atoms with Crippen LogP contribution in [0.3, 0.4) is 0 Å². The number of amides is 2. The standard InChI is InChI=1S/C29H21Cl2FN4O6/c30-28-14-21-20(12-13-33-26(40)35(27(41)36(21)33)17-4-2-1-3-5-17)23(22-11-10-19(15-37)42-22)29(28,31)25(39)34(24(28)38)18-8-6-16(32)7-9-18/h1-12,21,23,37H,13-15H2. The Labute approximate surface area is 246 Å². The number of hydrogen-bond acceptors (Lipinski definition) is 6. The van der Waals surface area contributed by atoms with Crippen LogP contribution >= 0.6 is 23.2 Å². The highest BCUT2D eigenvalue weighted by molar-refractivity contribution is 6.58. The van der Waals surface area contributed by atoms with Gasteiger partial charge in [0.25, 0.3) is 11.8 Å². The first-order valence-electron chi connectivity index (χ1n) is 13.0. The minimum Gasteiger partial charge on any atom is -0.463 e. The highest BCUT2D eigenvalue weighted by Crippen LogP contribution is 2.63. The van der Waals surface area contributed by atoms with E-state index in [4.69, 9.17) is 27.6 Å². The van der Waals surface area contributed by atoms with E-state index in [2.05, 4.69) is 0 Å². The summed E-state index contributed by atoms with van der Waals surface area (Å²) < 4.78 is 23.1. The Balaban J connectivity index is 1.46. The fourth-order valence-electron chi connectivity index (χ4n) is 6.41. The molecule has 4 heterocycles. The first-order chi connectivity index (χ1) is 20.1. The van der Waals surface area contributed by atoms with E-state index in [9.17, 15) is 28.7 Å². The Morgan fingerprint density at radius 3 is 2.29 bits per heavy atom. The summed E-state index contributed by atoms with van der Waals surface area (Å²) in [5.74, 6) is -3.13. The molecule has 2 aromatic carbocycles. The number of anilines is 1. The van der Waals surface area contributed by atoms with Crippen molar-refractivity contribution in [3.63, 3.8) is 0 Å². The third kappa shape index (κ3) is 3.35. The first kappa shape index (κ1) is 26.7. The number of halogens is 3. The van der Waals surface area contributed by atoms with Gasteiger partial charge in [0, 0.05) is 6.42 Å². The summed E-state index contributed by atoms with van der Waals surface area (Å²) >= 11 is 14.4. The number of alkyl halides is 2. The number of fused-ring (bicyclic) bond motifs is 4. The van der Waals surface area contributed by atoms with Crippen molar-refractivity contribution >= 4 is 40.7 Å². The predicted octanol–water partition coefficient (Wildman–Crippen LogP) is 3.22. The molecular formula is C29H21Cl2FN4O6. The Morgan fingerprint density at radius 1 is 0.905 bits per heavy atom. The maximum Gasteiger partial charge on any atom is 0.352 e. The molecule has 13 heteroatoms. The van der Waals surface area contributed by atoms with E-state index in [0.717, 1.165) is 21.6 Å². The van der Waals surface area contributed by atoms with Gasteiger partial charge >= 0.3 is 11.4 Å². The molecule has 214 valence electrons. The van der Waals surface area contributed by atoms with Gasteiger partial charge in [-0.3, -0.25) is 9.59 Å². The van der Waals surface area contributed by atoms with E-state index in [-0.39, 0.29) is 30.2 Å². The SMILES string of the molecule is O=C1N(c2ccc(F)cc2)C(=O)C2(Cl)C(c3ccc(CO)o3)C3=CCn4c(=O)n(-c5ccccc5)c(=O)n4C3CC12Cl. The predicted molar refractivity (Wildman–Crippen MR) is 149 cm³/mol. The van der Waals surface area contributed by atoms with Gasteiger partial charge in [-0.1, -0.05) is 24.3 Å². The molecule has 4 atom stereocenters. The lowest BCUT2D eigenvalue weighted by atomic mass is 9.65. The van der Waals surface area contributed by atoms with Crippen molar-refractivity contribution in [2.75, 3.05) is 4.90 Å². The summed E-state index contributed by atoms with van der Waals surface area (Å²) in [7, 11) is 0. The van der Waals surface area contributed by atoms with Gasteiger partial charge in [-0.05, 0) is 54.1 Å². The summed E-state index contributed by atoms with van der Waals surface area (Å²) in [5.41, 5.74) is -0.376. The van der Waals surface area contributed by atoms with Crippen molar-refractivity contribution in [3.8, 4) is 5.69 Å². The molecule has 2 aromatic heterocycles. The molecule has 2 aliphatic heterocycles. The van der Waals surface area contributed by atoms with Crippen molar-refractivity contribution < 1.29 is 23.5 Å². The molecule has 3 aliphatic rings. The molecule has 10 nitrogen and oxygen atoms in total. The number of benzene rings is 2. The lowest BCUT2D eigenvalue weighted by Gasteiger charge is -2.48. The van der Waals surface area contributed by atoms with Gasteiger partial charge in [-0.15, -0.1) is 23.2 Å². The van der Waals surface area contributed by atoms with Crippen LogP contribution in [0.1, 0.15) is 29.9 Å². The zero-order valence-electron chi connectivity index (χ0n) is 21.6. The first-order valence-corrected chi connectivity index (χ1v) is 13.8. The number of hydrogen-bond donors (Lipinski definition) is 1. The highest BCUT2D eigenvalue weighted by atomic mass is 35.5. The van der Waals surface area contributed by atoms with Crippen molar-refractivity contribution in [3.05, 3.63) is 117 Å². The van der Waals surface area contributed by atoms with Crippen LogP contribution in [0.5, 0.6) is 0 Å². The molecule has 4 aromatic rings. The van der Waals surface area contributed by atoms with Crippen LogP contribution in [0.2, 0.25) is 0 Å². The molecule has 2 amide bonds. The molecule has 42 heavy (non-hydrogen) atoms. The smallest absolute Gasteiger partial charge is 0.352 e. The molecule has 1 saturated heterocycles. The lowest BCUT2D eigenvalue weighted by Crippen LogP contribution is -2.59. The van der Waals surface area contributed by atoms with E-state index < -0.39 is 57.3 Å². The molecule has 0 radical (unpaired) electrons. The van der Waals surface area contributed by atoms with E-state index in [1.165, 1.54) is 33.6 Å². The van der Waals surface area contributed by atoms with Crippen LogP contribution in [-0.4, -0.2) is 40.6 Å². The second-order valence-electron chi connectivity index (χ2n) is 10.4. The van der Waals surface area contributed by atoms with Crippen LogP contribution < -0.4 is 16.3 Å². The Bertz CT molecular complexity index is 1930. The molecule has 1 aliphatic carbocycles. The summed E-state index contributed by atoms with van der Waals surface area (Å²) in [6, 6.07) is 15.2. The number of para-hydroxylation sites is 1. The van der Waals surface area contributed by atoms with Crippen molar-refractivity contribution in [2.45, 2.75) is 41.3 Å². The lowest BCUT2D eigenvalue weighted by molar-refractivity contribution is -0.122. The molecular weight excluding hydrogens is 590 g/mol. The third-order valence-corrected chi connectivity index (χ3v) is 9.71. The zero-order valence-corrected chi connectivity index (χ0v) is 23.1. The Morgan fingerprint density at radius 2 is 1.62 bits per heavy atom. The number of imide groups is 1. The van der Waals surface area contributed by atoms with Gasteiger partial charge in [0.15, 0.2) is 9.75 Å². The minimum absolute atomic E-state index is 0.0319. The second kappa shape index (κ2) is 9.15. The third-order valence-electron chi connectivity index (χ3n) is 8.30. The van der Waals surface area contributed by atoms with Gasteiger partial charge in [0.1, 0.15) is 23.9 Å². The number of aromatic nitrogens is 3. The molecule has 0 spiro atoms. The van der Waals surface area contributed by atoms with Gasteiger partial charge in [0.05, 0.1) is 29.9 Å². The largest absolute Gasteiger partial charge is 0.463 e. The monoisotopic (exact) mass is 610 g/mol. The zero-order chi connectivity index (χ0) is 29.6. The number of aliphatic hydroxyl groups is 1. The number of carbonyl (C=O) groups excluding carboxylic acids is 2. The molecule has 1 saturated carbocycles. The van der Waals surface area contributed by atoms with E-state index >= 15 is 0 Å². The Hall–Kier alpha value is -4.19. The quantitative estimate of drug-likeness (QED) is 0.215. The normalized spacial score (nSPS) is 26.6. The van der Waals surface area contributed by atoms with E-state index in [1.807, 2.05) is 0 Å². The molecule has 2 fully saturated rings. The molecule has 1 N–H and O–H groups in total. The summed E-state index contributed by atoms with van der Waals surface area (Å²) in [4.78, 5) is 52.2. The van der Waals surface area contributed by atoms with Crippen LogP contribution in [0, 0.1) is 5.82 Å². The summed E-state index contributed by atoms with van der Waals surface area (Å²) in [5, 5.41) is 9.69. The summed E-state index contributed by atoms with van der Waals surface area (Å²) in [6.45, 7) is -0.472. The number of rotatable bonds is 4. The fraction of sp³-hybridized carbons (Fsp3) is 0.241. The van der Waals surface area contributed by atoms with Crippen molar-refractivity contribution in [2.24, 2.45) is 0 Å². The van der Waals surface area contributed by atoms with Crippen LogP contribution in [0.4, 0.5) is 10.1 Å². The second-order valence-corrected chi connectivity index (χ2v) is 11.7. The van der Waals surface area contributed by atoms with Crippen LogP contribution in [-0.2, 0) is 22.7 Å². The maximum absolute atomic E-state index is 14.2. The topological polar surface area (TPSA) is 120 Å². The average Bonchev–Trinajstić information content (AvgIpc) is 3.60. The van der Waals surface area contributed by atoms with E-state index in [0.29, 0.717) is 11.3 Å². The highest BCUT2D eigenvalue weighted by Gasteiger charge is 2.76. The van der Waals surface area contributed by atoms with Gasteiger partial charge in [-0.25, -0.2) is 32.8 Å². The number of nitrogens with zero attached hydrogens (tertiary/aromatic N) is 4. The molecule has 7 rings (SSSR count). The number of allylic oxidation sites excluding steroid dienone is 2. The van der Waals surface area contributed by atoms with Crippen LogP contribution in [0.25, 0.3) is 5.69 Å². The number of carbonyl (C=O) groups is 2. The molecule has 4 unspecified atom stereocenters. The van der Waals surface area contributed by atoms with Gasteiger partial charge < -0.3 is 9.52 Å². The van der Waals surface area contributed by atoms with Gasteiger partial charge in [-0.2, -0.15) is 0 Å². The van der Waals surface area contributed by atoms with Crippen molar-refractivity contribution in [1.29, 1.82) is 0 Å². The number of furan rings is 1. The summed E-state index contributed by atoms with van der Waals surface area (Å²) in [6.07, 6.45) is 1.37. The molecule has 0 bridgehead atoms. The maximum atomic E-state index is 14.2. The van der Waals surface area contributed by atoms with Gasteiger partial charge in [0.2, 0.25) is 0 Å². The Kier molecular flexibility index (Phi) is 5.82.